The first kappa shape index (κ1) is 14.4. The number of carbonyl (C=O) groups is 1. The normalized spacial score (nSPS) is 11.0. The fraction of sp³-hybridized carbons (Fsp3) is 0.250. The van der Waals surface area contributed by atoms with Crippen molar-refractivity contribution in [1.29, 1.82) is 0 Å². The number of hydrogen-bond acceptors (Lipinski definition) is 2. The molecule has 0 aliphatic rings. The van der Waals surface area contributed by atoms with Gasteiger partial charge in [0.1, 0.15) is 6.10 Å². The van der Waals surface area contributed by atoms with Crippen LogP contribution in [-0.2, 0) is 9.53 Å². The molecule has 1 aromatic rings. The molecule has 15 heavy (non-hydrogen) atoms. The first-order valence-corrected chi connectivity index (χ1v) is 4.66. The molecule has 0 saturated carbocycles. The molecule has 0 aliphatic heterocycles. The summed E-state index contributed by atoms with van der Waals surface area (Å²) in [6.07, 6.45) is 1.79. The van der Waals surface area contributed by atoms with Gasteiger partial charge in [0.05, 0.1) is 0 Å². The van der Waals surface area contributed by atoms with E-state index in [1.807, 2.05) is 37.3 Å². The van der Waals surface area contributed by atoms with Gasteiger partial charge in [-0.2, -0.15) is 0 Å². The summed E-state index contributed by atoms with van der Waals surface area (Å²) < 4.78 is 5.18. The average Bonchev–Trinajstić information content (AvgIpc) is 2.26. The third-order valence-electron chi connectivity index (χ3n) is 1.97. The summed E-state index contributed by atoms with van der Waals surface area (Å²) in [4.78, 5) is 11.0. The minimum atomic E-state index is -0.374. The second kappa shape index (κ2) is 7.69. The third-order valence-corrected chi connectivity index (χ3v) is 1.97. The van der Waals surface area contributed by atoms with Gasteiger partial charge in [0.25, 0.3) is 0 Å². The van der Waals surface area contributed by atoms with Crippen LogP contribution in [0.2, 0.25) is 0 Å². The van der Waals surface area contributed by atoms with Crippen LogP contribution in [0.15, 0.2) is 43.0 Å². The molecular weight excluding hydrogens is 199 g/mol. The van der Waals surface area contributed by atoms with Crippen molar-refractivity contribution in [1.82, 2.24) is 0 Å². The van der Waals surface area contributed by atoms with Crippen molar-refractivity contribution in [2.45, 2.75) is 19.4 Å². The van der Waals surface area contributed by atoms with Crippen LogP contribution in [0.25, 0.3) is 0 Å². The molecule has 0 aromatic heterocycles. The zero-order chi connectivity index (χ0) is 10.4. The summed E-state index contributed by atoms with van der Waals surface area (Å²) in [7, 11) is 0. The van der Waals surface area contributed by atoms with E-state index in [4.69, 9.17) is 4.74 Å². The van der Waals surface area contributed by atoms with E-state index in [0.717, 1.165) is 12.0 Å². The Morgan fingerprint density at radius 3 is 2.60 bits per heavy atom. The number of hydrogen-bond donors (Lipinski definition) is 0. The van der Waals surface area contributed by atoms with Crippen LogP contribution in [0, 0.1) is 0 Å². The van der Waals surface area contributed by atoms with E-state index in [2.05, 4.69) is 6.58 Å². The molecule has 0 saturated heterocycles. The van der Waals surface area contributed by atoms with E-state index in [1.165, 1.54) is 6.08 Å². The maximum absolute atomic E-state index is 11.0. The standard InChI is InChI=1S/C12H14O2.Na.H/c1-3-11(14-12(13)4-2)10-8-6-5-7-9-10;;/h4-9,11H,2-3H2,1H3;;/q;+1;-1. The van der Waals surface area contributed by atoms with Crippen LogP contribution in [-0.4, -0.2) is 5.97 Å². The zero-order valence-electron chi connectivity index (χ0n) is 10.3. The Bertz CT molecular complexity index is 314. The zero-order valence-corrected chi connectivity index (χ0v) is 11.3. The monoisotopic (exact) mass is 214 g/mol. The SMILES string of the molecule is C=CC(=O)OC(CC)c1ccccc1.[H-].[Na+]. The molecule has 1 aromatic carbocycles. The largest absolute Gasteiger partial charge is 1.00 e. The Kier molecular flexibility index (Phi) is 7.39. The molecule has 2 nitrogen and oxygen atoms in total. The van der Waals surface area contributed by atoms with Crippen LogP contribution in [0.5, 0.6) is 0 Å². The topological polar surface area (TPSA) is 26.3 Å². The van der Waals surface area contributed by atoms with E-state index in [9.17, 15) is 4.79 Å². The van der Waals surface area contributed by atoms with Crippen molar-refractivity contribution in [3.05, 3.63) is 48.6 Å². The molecule has 0 amide bonds. The Balaban J connectivity index is 0. The fourth-order valence-electron chi connectivity index (χ4n) is 1.24. The minimum Gasteiger partial charge on any atom is -1.00 e. The minimum absolute atomic E-state index is 0. The molecule has 0 radical (unpaired) electrons. The van der Waals surface area contributed by atoms with Gasteiger partial charge in [-0.1, -0.05) is 43.8 Å². The first-order chi connectivity index (χ1) is 6.77. The molecule has 1 rings (SSSR count). The maximum atomic E-state index is 11.0. The van der Waals surface area contributed by atoms with Gasteiger partial charge in [0.2, 0.25) is 0 Å². The maximum Gasteiger partial charge on any atom is 1.00 e. The molecule has 3 heteroatoms. The number of ether oxygens (including phenoxy) is 1. The summed E-state index contributed by atoms with van der Waals surface area (Å²) in [6, 6.07) is 9.69. The molecule has 1 atom stereocenters. The quantitative estimate of drug-likeness (QED) is 0.400. The fourth-order valence-corrected chi connectivity index (χ4v) is 1.24. The molecular formula is C12H15NaO2. The Labute approximate surface area is 114 Å². The van der Waals surface area contributed by atoms with E-state index in [0.29, 0.717) is 0 Å². The molecule has 0 heterocycles. The van der Waals surface area contributed by atoms with Crippen LogP contribution >= 0.6 is 0 Å². The van der Waals surface area contributed by atoms with E-state index in [1.54, 1.807) is 0 Å². The Morgan fingerprint density at radius 1 is 1.53 bits per heavy atom. The molecule has 1 unspecified atom stereocenters. The van der Waals surface area contributed by atoms with Gasteiger partial charge in [-0.05, 0) is 12.0 Å². The van der Waals surface area contributed by atoms with Crippen molar-refractivity contribution in [2.24, 2.45) is 0 Å². The number of esters is 1. The van der Waals surface area contributed by atoms with Crippen molar-refractivity contribution in [2.75, 3.05) is 0 Å². The van der Waals surface area contributed by atoms with E-state index < -0.39 is 0 Å². The molecule has 0 aliphatic carbocycles. The average molecular weight is 214 g/mol. The number of carbonyl (C=O) groups excluding carboxylic acids is 1. The van der Waals surface area contributed by atoms with Crippen molar-refractivity contribution >= 4 is 5.97 Å². The van der Waals surface area contributed by atoms with Gasteiger partial charge < -0.3 is 6.16 Å². The third kappa shape index (κ3) is 4.65. The summed E-state index contributed by atoms with van der Waals surface area (Å²) in [6.45, 7) is 5.35. The van der Waals surface area contributed by atoms with Crippen molar-refractivity contribution in [3.63, 3.8) is 0 Å². The molecule has 0 N–H and O–H groups in total. The Morgan fingerprint density at radius 2 is 2.13 bits per heavy atom. The van der Waals surface area contributed by atoms with Crippen molar-refractivity contribution in [3.8, 4) is 0 Å². The molecule has 0 spiro atoms. The smallest absolute Gasteiger partial charge is 1.00 e. The second-order valence-electron chi connectivity index (χ2n) is 2.95. The first-order valence-electron chi connectivity index (χ1n) is 4.66. The van der Waals surface area contributed by atoms with Crippen LogP contribution in [0.3, 0.4) is 0 Å². The summed E-state index contributed by atoms with van der Waals surface area (Å²) in [5.41, 5.74) is 1.02. The van der Waals surface area contributed by atoms with Gasteiger partial charge in [-0.15, -0.1) is 0 Å². The summed E-state index contributed by atoms with van der Waals surface area (Å²) in [5, 5.41) is 0. The van der Waals surface area contributed by atoms with Gasteiger partial charge in [-0.3, -0.25) is 0 Å². The van der Waals surface area contributed by atoms with E-state index >= 15 is 0 Å². The van der Waals surface area contributed by atoms with Crippen LogP contribution in [0.1, 0.15) is 26.4 Å². The van der Waals surface area contributed by atoms with E-state index in [-0.39, 0.29) is 43.1 Å². The van der Waals surface area contributed by atoms with Crippen LogP contribution in [0.4, 0.5) is 0 Å². The summed E-state index contributed by atoms with van der Waals surface area (Å²) in [5.74, 6) is -0.374. The second-order valence-corrected chi connectivity index (χ2v) is 2.95. The van der Waals surface area contributed by atoms with Gasteiger partial charge in [-0.25, -0.2) is 4.79 Å². The Hall–Kier alpha value is -0.570. The summed E-state index contributed by atoms with van der Waals surface area (Å²) >= 11 is 0. The molecule has 0 bridgehead atoms. The predicted octanol–water partition coefficient (Wildman–Crippen LogP) is -0.0166. The molecule has 76 valence electrons. The number of benzene rings is 1. The molecule has 0 fully saturated rings. The van der Waals surface area contributed by atoms with Gasteiger partial charge in [0, 0.05) is 6.08 Å². The van der Waals surface area contributed by atoms with Gasteiger partial charge in [0.15, 0.2) is 0 Å². The van der Waals surface area contributed by atoms with Crippen LogP contribution < -0.4 is 29.6 Å². The number of rotatable bonds is 4. The predicted molar refractivity (Wildman–Crippen MR) is 56.9 cm³/mol. The van der Waals surface area contributed by atoms with Gasteiger partial charge >= 0.3 is 35.5 Å². The van der Waals surface area contributed by atoms with Crippen molar-refractivity contribution < 1.29 is 40.5 Å².